The first kappa shape index (κ1) is 12.6. The van der Waals surface area contributed by atoms with Crippen LogP contribution < -0.4 is 5.32 Å². The van der Waals surface area contributed by atoms with Gasteiger partial charge in [-0.15, -0.1) is 0 Å². The molecule has 0 unspecified atom stereocenters. The van der Waals surface area contributed by atoms with Crippen LogP contribution in [0.25, 0.3) is 0 Å². The molecule has 0 heterocycles. The molecule has 3 heteroatoms. The number of rotatable bonds is 2. The van der Waals surface area contributed by atoms with E-state index in [9.17, 15) is 4.79 Å². The number of carbonyl (C=O) groups is 1. The summed E-state index contributed by atoms with van der Waals surface area (Å²) in [6.07, 6.45) is 4.92. The summed E-state index contributed by atoms with van der Waals surface area (Å²) in [5.74, 6) is 0.489. The lowest BCUT2D eigenvalue weighted by Gasteiger charge is -2.19. The molecule has 17 heavy (non-hydrogen) atoms. The maximum absolute atomic E-state index is 11.9. The second kappa shape index (κ2) is 5.67. The van der Waals surface area contributed by atoms with Gasteiger partial charge in [0.15, 0.2) is 5.78 Å². The average Bonchev–Trinajstić information content (AvgIpc) is 2.33. The Morgan fingerprint density at radius 3 is 2.76 bits per heavy atom. The number of nitrogens with one attached hydrogen (secondary N) is 1. The van der Waals surface area contributed by atoms with Gasteiger partial charge in [-0.1, -0.05) is 6.92 Å². The van der Waals surface area contributed by atoms with Crippen molar-refractivity contribution in [2.45, 2.75) is 26.2 Å². The zero-order chi connectivity index (χ0) is 12.3. The van der Waals surface area contributed by atoms with Crippen molar-refractivity contribution in [1.82, 2.24) is 0 Å². The van der Waals surface area contributed by atoms with Gasteiger partial charge in [0.1, 0.15) is 0 Å². The number of hydrogen-bond donors (Lipinski definition) is 1. The quantitative estimate of drug-likeness (QED) is 0.651. The van der Waals surface area contributed by atoms with Gasteiger partial charge < -0.3 is 5.32 Å². The van der Waals surface area contributed by atoms with Crippen molar-refractivity contribution >= 4 is 34.1 Å². The van der Waals surface area contributed by atoms with E-state index >= 15 is 0 Å². The van der Waals surface area contributed by atoms with Crippen molar-refractivity contribution < 1.29 is 4.79 Å². The van der Waals surface area contributed by atoms with E-state index in [4.69, 9.17) is 0 Å². The minimum absolute atomic E-state index is 0.188. The Labute approximate surface area is 116 Å². The highest BCUT2D eigenvalue weighted by Crippen LogP contribution is 2.24. The summed E-state index contributed by atoms with van der Waals surface area (Å²) in [5, 5.41) is 3.21. The third-order valence-electron chi connectivity index (χ3n) is 3.10. The van der Waals surface area contributed by atoms with Crippen LogP contribution >= 0.6 is 22.6 Å². The molecule has 1 aromatic carbocycles. The molecular formula is C14H16INO. The Morgan fingerprint density at radius 1 is 1.35 bits per heavy atom. The highest BCUT2D eigenvalue weighted by Gasteiger charge is 2.22. The predicted octanol–water partition coefficient (Wildman–Crippen LogP) is 3.98. The summed E-state index contributed by atoms with van der Waals surface area (Å²) >= 11 is 2.28. The Morgan fingerprint density at radius 2 is 2.06 bits per heavy atom. The number of benzene rings is 1. The van der Waals surface area contributed by atoms with Crippen LogP contribution in [0.4, 0.5) is 5.69 Å². The minimum Gasteiger partial charge on any atom is -0.361 e. The number of allylic oxidation sites excluding steroid dienone is 1. The van der Waals surface area contributed by atoms with Crippen LogP contribution in [-0.4, -0.2) is 5.78 Å². The van der Waals surface area contributed by atoms with Gasteiger partial charge in [0.05, 0.1) is 0 Å². The Kier molecular flexibility index (Phi) is 4.20. The molecule has 1 aliphatic rings. The largest absolute Gasteiger partial charge is 0.361 e. The number of ketones is 1. The van der Waals surface area contributed by atoms with Crippen molar-refractivity contribution in [3.8, 4) is 0 Å². The van der Waals surface area contributed by atoms with Crippen LogP contribution in [0.15, 0.2) is 36.0 Å². The highest BCUT2D eigenvalue weighted by atomic mass is 127. The maximum Gasteiger partial charge on any atom is 0.163 e. The number of carbonyl (C=O) groups excluding carboxylic acids is 1. The molecule has 0 bridgehead atoms. The summed E-state index contributed by atoms with van der Waals surface area (Å²) in [7, 11) is 0. The smallest absolute Gasteiger partial charge is 0.163 e. The molecule has 0 aliphatic heterocycles. The second-order valence-corrected chi connectivity index (χ2v) is 5.72. The van der Waals surface area contributed by atoms with Gasteiger partial charge in [0.25, 0.3) is 0 Å². The zero-order valence-corrected chi connectivity index (χ0v) is 12.0. The molecule has 1 aliphatic carbocycles. The number of anilines is 1. The van der Waals surface area contributed by atoms with Crippen LogP contribution in [0.1, 0.15) is 26.2 Å². The monoisotopic (exact) mass is 341 g/mol. The lowest BCUT2D eigenvalue weighted by molar-refractivity contribution is -0.119. The fourth-order valence-corrected chi connectivity index (χ4v) is 2.39. The van der Waals surface area contributed by atoms with Crippen LogP contribution in [-0.2, 0) is 4.79 Å². The van der Waals surface area contributed by atoms with E-state index in [-0.39, 0.29) is 5.92 Å². The molecule has 0 radical (unpaired) electrons. The van der Waals surface area contributed by atoms with Gasteiger partial charge in [-0.2, -0.15) is 0 Å². The molecule has 0 spiro atoms. The molecule has 1 N–H and O–H groups in total. The SMILES string of the molecule is C[C@@H]1CCC/C(=C/Nc2ccc(I)cc2)C1=O. The summed E-state index contributed by atoms with van der Waals surface area (Å²) in [5.41, 5.74) is 1.96. The summed E-state index contributed by atoms with van der Waals surface area (Å²) in [6.45, 7) is 2.01. The van der Waals surface area contributed by atoms with Crippen LogP contribution in [0, 0.1) is 9.49 Å². The number of halogens is 1. The van der Waals surface area contributed by atoms with E-state index in [1.807, 2.05) is 37.4 Å². The van der Waals surface area contributed by atoms with Gasteiger partial charge in [-0.25, -0.2) is 0 Å². The van der Waals surface area contributed by atoms with Crippen molar-refractivity contribution in [3.05, 3.63) is 39.6 Å². The zero-order valence-electron chi connectivity index (χ0n) is 9.87. The molecule has 90 valence electrons. The Hall–Kier alpha value is -0.840. The minimum atomic E-state index is 0.188. The van der Waals surface area contributed by atoms with Gasteiger partial charge in [-0.3, -0.25) is 4.79 Å². The van der Waals surface area contributed by atoms with E-state index in [0.717, 1.165) is 30.5 Å². The topological polar surface area (TPSA) is 29.1 Å². The predicted molar refractivity (Wildman–Crippen MR) is 78.9 cm³/mol. The van der Waals surface area contributed by atoms with E-state index in [0.29, 0.717) is 5.78 Å². The molecule has 2 nitrogen and oxygen atoms in total. The fraction of sp³-hybridized carbons (Fsp3) is 0.357. The first-order valence-electron chi connectivity index (χ1n) is 5.92. The molecule has 1 aromatic rings. The lowest BCUT2D eigenvalue weighted by atomic mass is 9.86. The second-order valence-electron chi connectivity index (χ2n) is 4.48. The maximum atomic E-state index is 11.9. The first-order chi connectivity index (χ1) is 8.16. The van der Waals surface area contributed by atoms with Crippen molar-refractivity contribution in [2.24, 2.45) is 5.92 Å². The molecule has 1 fully saturated rings. The van der Waals surface area contributed by atoms with Gasteiger partial charge in [-0.05, 0) is 66.1 Å². The van der Waals surface area contributed by atoms with Crippen LogP contribution in [0.5, 0.6) is 0 Å². The van der Waals surface area contributed by atoms with E-state index < -0.39 is 0 Å². The van der Waals surface area contributed by atoms with Crippen molar-refractivity contribution in [2.75, 3.05) is 5.32 Å². The molecule has 0 amide bonds. The van der Waals surface area contributed by atoms with Gasteiger partial charge in [0, 0.05) is 26.9 Å². The summed E-state index contributed by atoms with van der Waals surface area (Å²) in [4.78, 5) is 11.9. The molecule has 2 rings (SSSR count). The van der Waals surface area contributed by atoms with Crippen LogP contribution in [0.2, 0.25) is 0 Å². The normalized spacial score (nSPS) is 22.8. The molecular weight excluding hydrogens is 325 g/mol. The molecule has 0 aromatic heterocycles. The van der Waals surface area contributed by atoms with E-state index in [1.54, 1.807) is 0 Å². The van der Waals surface area contributed by atoms with Crippen molar-refractivity contribution in [1.29, 1.82) is 0 Å². The Bertz CT molecular complexity index is 436. The fourth-order valence-electron chi connectivity index (χ4n) is 2.03. The van der Waals surface area contributed by atoms with E-state index in [1.165, 1.54) is 3.57 Å². The average molecular weight is 341 g/mol. The first-order valence-corrected chi connectivity index (χ1v) is 7.00. The standard InChI is InChI=1S/C14H16INO/c1-10-3-2-4-11(14(10)17)9-16-13-7-5-12(15)6-8-13/h5-10,16H,2-4H2,1H3/b11-9-/t10-/m1/s1. The summed E-state index contributed by atoms with van der Waals surface area (Å²) < 4.78 is 1.21. The molecule has 0 saturated heterocycles. The van der Waals surface area contributed by atoms with E-state index in [2.05, 4.69) is 27.9 Å². The van der Waals surface area contributed by atoms with Gasteiger partial charge in [0.2, 0.25) is 0 Å². The molecule has 1 atom stereocenters. The highest BCUT2D eigenvalue weighted by molar-refractivity contribution is 14.1. The third kappa shape index (κ3) is 3.31. The van der Waals surface area contributed by atoms with Gasteiger partial charge >= 0.3 is 0 Å². The van der Waals surface area contributed by atoms with Crippen molar-refractivity contribution in [3.63, 3.8) is 0 Å². The Balaban J connectivity index is 2.04. The lowest BCUT2D eigenvalue weighted by Crippen LogP contribution is -2.19. The summed E-state index contributed by atoms with van der Waals surface area (Å²) in [6, 6.07) is 8.14. The third-order valence-corrected chi connectivity index (χ3v) is 3.82. The van der Waals surface area contributed by atoms with Crippen LogP contribution in [0.3, 0.4) is 0 Å². The molecule has 1 saturated carbocycles. The number of hydrogen-bond acceptors (Lipinski definition) is 2. The number of Topliss-reactive ketones (excluding diaryl/α,β-unsaturated/α-hetero) is 1.